The van der Waals surface area contributed by atoms with Gasteiger partial charge in [0.2, 0.25) is 0 Å². The lowest BCUT2D eigenvalue weighted by Gasteiger charge is -2.24. The van der Waals surface area contributed by atoms with Crippen molar-refractivity contribution >= 4 is 11.7 Å². The fourth-order valence-electron chi connectivity index (χ4n) is 2.73. The molecule has 2 amide bonds. The van der Waals surface area contributed by atoms with Crippen LogP contribution in [0.1, 0.15) is 26.7 Å². The van der Waals surface area contributed by atoms with Crippen LogP contribution in [0.15, 0.2) is 24.3 Å². The zero-order chi connectivity index (χ0) is 17.4. The van der Waals surface area contributed by atoms with Crippen LogP contribution in [0.5, 0.6) is 0 Å². The Bertz CT molecular complexity index is 507. The number of anilines is 1. The number of carbonyl (C=O) groups is 1. The van der Waals surface area contributed by atoms with Gasteiger partial charge in [0.25, 0.3) is 0 Å². The Balaban J connectivity index is 1.73. The highest BCUT2D eigenvalue weighted by Gasteiger charge is 2.19. The van der Waals surface area contributed by atoms with Crippen molar-refractivity contribution in [1.29, 1.82) is 0 Å². The lowest BCUT2D eigenvalue weighted by atomic mass is 10.2. The van der Waals surface area contributed by atoms with Gasteiger partial charge in [-0.05, 0) is 51.0 Å². The van der Waals surface area contributed by atoms with E-state index < -0.39 is 0 Å². The van der Waals surface area contributed by atoms with E-state index in [1.807, 2.05) is 18.7 Å². The molecule has 6 heteroatoms. The molecule has 0 bridgehead atoms. The minimum atomic E-state index is -0.226. The fraction of sp³-hybridized carbons (Fsp3) is 0.611. The van der Waals surface area contributed by atoms with Crippen molar-refractivity contribution in [1.82, 2.24) is 10.2 Å². The number of ether oxygens (including phenoxy) is 1. The number of urea groups is 1. The third-order valence-corrected chi connectivity index (χ3v) is 4.02. The van der Waals surface area contributed by atoms with Gasteiger partial charge in [-0.15, -0.1) is 0 Å². The third kappa shape index (κ3) is 6.00. The largest absolute Gasteiger partial charge is 0.379 e. The fourth-order valence-corrected chi connectivity index (χ4v) is 2.73. The first-order valence-corrected chi connectivity index (χ1v) is 8.71. The standard InChI is InChI=1S/C18H28FN3O2/c1-15(2)24-14-3-9-20-18(23)22-11-4-10-21(12-13-22)17-7-5-16(19)6-8-17/h5-8,15H,3-4,9-14H2,1-2H3,(H,20,23). The highest BCUT2D eigenvalue weighted by molar-refractivity contribution is 5.74. The molecule has 24 heavy (non-hydrogen) atoms. The molecule has 2 rings (SSSR count). The third-order valence-electron chi connectivity index (χ3n) is 4.02. The van der Waals surface area contributed by atoms with Crippen molar-refractivity contribution in [3.8, 4) is 0 Å². The summed E-state index contributed by atoms with van der Waals surface area (Å²) in [5.41, 5.74) is 1.00. The highest BCUT2D eigenvalue weighted by atomic mass is 19.1. The van der Waals surface area contributed by atoms with Gasteiger partial charge in [0.1, 0.15) is 5.82 Å². The summed E-state index contributed by atoms with van der Waals surface area (Å²) < 4.78 is 18.5. The molecular formula is C18H28FN3O2. The zero-order valence-electron chi connectivity index (χ0n) is 14.6. The lowest BCUT2D eigenvalue weighted by molar-refractivity contribution is 0.0772. The second-order valence-corrected chi connectivity index (χ2v) is 6.31. The summed E-state index contributed by atoms with van der Waals surface area (Å²) in [6.45, 7) is 8.34. The molecule has 1 aromatic rings. The summed E-state index contributed by atoms with van der Waals surface area (Å²) in [5, 5.41) is 2.95. The Hall–Kier alpha value is -1.82. The van der Waals surface area contributed by atoms with Crippen LogP contribution in [-0.4, -0.2) is 56.4 Å². The van der Waals surface area contributed by atoms with E-state index in [1.54, 1.807) is 12.1 Å². The first kappa shape index (κ1) is 18.5. The maximum absolute atomic E-state index is 13.0. The van der Waals surface area contributed by atoms with E-state index >= 15 is 0 Å². The van der Waals surface area contributed by atoms with E-state index in [-0.39, 0.29) is 18.0 Å². The van der Waals surface area contributed by atoms with Gasteiger partial charge >= 0.3 is 6.03 Å². The predicted octanol–water partition coefficient (Wildman–Crippen LogP) is 2.86. The Morgan fingerprint density at radius 3 is 2.67 bits per heavy atom. The molecular weight excluding hydrogens is 309 g/mol. The molecule has 0 radical (unpaired) electrons. The van der Waals surface area contributed by atoms with Gasteiger partial charge in [0, 0.05) is 45.0 Å². The maximum atomic E-state index is 13.0. The number of nitrogens with one attached hydrogen (secondary N) is 1. The van der Waals surface area contributed by atoms with Crippen LogP contribution in [0.2, 0.25) is 0 Å². The second-order valence-electron chi connectivity index (χ2n) is 6.31. The van der Waals surface area contributed by atoms with Crippen LogP contribution in [0.3, 0.4) is 0 Å². The first-order chi connectivity index (χ1) is 11.6. The Labute approximate surface area is 143 Å². The molecule has 1 aliphatic rings. The molecule has 134 valence electrons. The van der Waals surface area contributed by atoms with Crippen molar-refractivity contribution in [2.45, 2.75) is 32.8 Å². The van der Waals surface area contributed by atoms with E-state index in [9.17, 15) is 9.18 Å². The van der Waals surface area contributed by atoms with Crippen molar-refractivity contribution in [3.05, 3.63) is 30.1 Å². The van der Waals surface area contributed by atoms with E-state index in [0.717, 1.165) is 38.2 Å². The molecule has 1 saturated heterocycles. The van der Waals surface area contributed by atoms with E-state index in [2.05, 4.69) is 10.2 Å². The number of benzene rings is 1. The van der Waals surface area contributed by atoms with Crippen molar-refractivity contribution in [2.24, 2.45) is 0 Å². The van der Waals surface area contributed by atoms with Gasteiger partial charge < -0.3 is 19.9 Å². The molecule has 0 unspecified atom stereocenters. The van der Waals surface area contributed by atoms with Crippen LogP contribution in [-0.2, 0) is 4.74 Å². The number of rotatable bonds is 6. The quantitative estimate of drug-likeness (QED) is 0.812. The predicted molar refractivity (Wildman–Crippen MR) is 93.9 cm³/mol. The topological polar surface area (TPSA) is 44.8 Å². The molecule has 0 spiro atoms. The molecule has 1 N–H and O–H groups in total. The minimum absolute atomic E-state index is 0.0134. The molecule has 1 aromatic carbocycles. The first-order valence-electron chi connectivity index (χ1n) is 8.71. The van der Waals surface area contributed by atoms with Crippen molar-refractivity contribution < 1.29 is 13.9 Å². The van der Waals surface area contributed by atoms with Crippen molar-refractivity contribution in [3.63, 3.8) is 0 Å². The Morgan fingerprint density at radius 2 is 1.96 bits per heavy atom. The van der Waals surface area contributed by atoms with Crippen molar-refractivity contribution in [2.75, 3.05) is 44.2 Å². The number of nitrogens with zero attached hydrogens (tertiary/aromatic N) is 2. The van der Waals surface area contributed by atoms with Gasteiger partial charge in [-0.25, -0.2) is 9.18 Å². The van der Waals surface area contributed by atoms with Crippen LogP contribution in [0.4, 0.5) is 14.9 Å². The van der Waals surface area contributed by atoms with Crippen LogP contribution in [0, 0.1) is 5.82 Å². The van der Waals surface area contributed by atoms with Gasteiger partial charge in [-0.2, -0.15) is 0 Å². The summed E-state index contributed by atoms with van der Waals surface area (Å²) in [7, 11) is 0. The molecule has 0 saturated carbocycles. The molecule has 0 aliphatic carbocycles. The van der Waals surface area contributed by atoms with E-state index in [4.69, 9.17) is 4.74 Å². The summed E-state index contributed by atoms with van der Waals surface area (Å²) in [6.07, 6.45) is 1.95. The smallest absolute Gasteiger partial charge is 0.317 e. The normalized spacial score (nSPS) is 15.5. The minimum Gasteiger partial charge on any atom is -0.379 e. The molecule has 1 aliphatic heterocycles. The summed E-state index contributed by atoms with van der Waals surface area (Å²) in [5.74, 6) is -0.226. The van der Waals surface area contributed by atoms with Crippen LogP contribution < -0.4 is 10.2 Å². The second kappa shape index (κ2) is 9.47. The monoisotopic (exact) mass is 337 g/mol. The molecule has 0 atom stereocenters. The van der Waals surface area contributed by atoms with Gasteiger partial charge in [-0.3, -0.25) is 0 Å². The van der Waals surface area contributed by atoms with Crippen LogP contribution >= 0.6 is 0 Å². The van der Waals surface area contributed by atoms with Gasteiger partial charge in [0.05, 0.1) is 6.10 Å². The molecule has 1 fully saturated rings. The molecule has 1 heterocycles. The number of halogens is 1. The molecule has 0 aromatic heterocycles. The Kier molecular flexibility index (Phi) is 7.31. The van der Waals surface area contributed by atoms with E-state index in [0.29, 0.717) is 19.7 Å². The maximum Gasteiger partial charge on any atom is 0.317 e. The number of hydrogen-bond acceptors (Lipinski definition) is 3. The number of amides is 2. The van der Waals surface area contributed by atoms with E-state index in [1.165, 1.54) is 12.1 Å². The summed E-state index contributed by atoms with van der Waals surface area (Å²) >= 11 is 0. The summed E-state index contributed by atoms with van der Waals surface area (Å²) in [6, 6.07) is 6.52. The Morgan fingerprint density at radius 1 is 1.21 bits per heavy atom. The SMILES string of the molecule is CC(C)OCCCNC(=O)N1CCCN(c2ccc(F)cc2)CC1. The lowest BCUT2D eigenvalue weighted by Crippen LogP contribution is -2.42. The van der Waals surface area contributed by atoms with Crippen LogP contribution in [0.25, 0.3) is 0 Å². The highest BCUT2D eigenvalue weighted by Crippen LogP contribution is 2.17. The molecule has 5 nitrogen and oxygen atoms in total. The van der Waals surface area contributed by atoms with Gasteiger partial charge in [-0.1, -0.05) is 0 Å². The zero-order valence-corrected chi connectivity index (χ0v) is 14.6. The average Bonchev–Trinajstić information content (AvgIpc) is 2.81. The average molecular weight is 337 g/mol. The van der Waals surface area contributed by atoms with Gasteiger partial charge in [0.15, 0.2) is 0 Å². The number of hydrogen-bond donors (Lipinski definition) is 1. The summed E-state index contributed by atoms with van der Waals surface area (Å²) in [4.78, 5) is 16.3. The number of carbonyl (C=O) groups excluding carboxylic acids is 1.